The third-order valence-corrected chi connectivity index (χ3v) is 3.01. The van der Waals surface area contributed by atoms with Crippen LogP contribution >= 0.6 is 0 Å². The van der Waals surface area contributed by atoms with Crippen LogP contribution < -0.4 is 0 Å². The average molecular weight is 264 g/mol. The molecular weight excluding hydrogens is 250 g/mol. The molecule has 0 aliphatic heterocycles. The molecule has 0 radical (unpaired) electrons. The van der Waals surface area contributed by atoms with Gasteiger partial charge in [0.1, 0.15) is 0 Å². The van der Waals surface area contributed by atoms with Gasteiger partial charge in [-0.15, -0.1) is 0 Å². The Balaban J connectivity index is 2.32. The molecule has 0 aromatic heterocycles. The van der Waals surface area contributed by atoms with Crippen LogP contribution in [0.15, 0.2) is 42.5 Å². The number of halogens is 2. The van der Waals surface area contributed by atoms with E-state index in [0.29, 0.717) is 10.9 Å². The Bertz CT molecular complexity index is 597. The number of carbonyl (C=O) groups is 1. The maximum atomic E-state index is 13.0. The minimum absolute atomic E-state index is 0.300. The molecular formula is C15H14F2O2. The minimum Gasteiger partial charge on any atom is -0.453 e. The van der Waals surface area contributed by atoms with Gasteiger partial charge in [0, 0.05) is 6.92 Å². The van der Waals surface area contributed by atoms with Crippen molar-refractivity contribution in [1.82, 2.24) is 0 Å². The third-order valence-electron chi connectivity index (χ3n) is 3.01. The first-order valence-electron chi connectivity index (χ1n) is 5.96. The SMILES string of the molecule is CC(OC(=O)c1cccc2ccccc12)C(C)(F)F. The van der Waals surface area contributed by atoms with E-state index in [9.17, 15) is 13.6 Å². The lowest BCUT2D eigenvalue weighted by molar-refractivity contribution is -0.0934. The lowest BCUT2D eigenvalue weighted by Gasteiger charge is -2.20. The lowest BCUT2D eigenvalue weighted by Crippen LogP contribution is -2.32. The normalized spacial score (nSPS) is 13.3. The third kappa shape index (κ3) is 2.89. The highest BCUT2D eigenvalue weighted by atomic mass is 19.3. The van der Waals surface area contributed by atoms with Crippen LogP contribution in [0.4, 0.5) is 8.78 Å². The molecule has 2 rings (SSSR count). The molecule has 0 aliphatic rings. The van der Waals surface area contributed by atoms with Gasteiger partial charge in [-0.1, -0.05) is 36.4 Å². The quantitative estimate of drug-likeness (QED) is 0.782. The fraction of sp³-hybridized carbons (Fsp3) is 0.267. The van der Waals surface area contributed by atoms with Crippen LogP contribution in [0.2, 0.25) is 0 Å². The van der Waals surface area contributed by atoms with Crippen molar-refractivity contribution in [3.05, 3.63) is 48.0 Å². The van der Waals surface area contributed by atoms with Crippen LogP contribution in [0.3, 0.4) is 0 Å². The number of hydrogen-bond donors (Lipinski definition) is 0. The van der Waals surface area contributed by atoms with Crippen molar-refractivity contribution >= 4 is 16.7 Å². The van der Waals surface area contributed by atoms with E-state index in [2.05, 4.69) is 0 Å². The zero-order valence-corrected chi connectivity index (χ0v) is 10.7. The summed E-state index contributed by atoms with van der Waals surface area (Å²) in [6, 6.07) is 12.4. The predicted octanol–water partition coefficient (Wildman–Crippen LogP) is 4.04. The summed E-state index contributed by atoms with van der Waals surface area (Å²) in [5.74, 6) is -3.79. The predicted molar refractivity (Wildman–Crippen MR) is 69.4 cm³/mol. The Morgan fingerprint density at radius 1 is 1.16 bits per heavy atom. The molecule has 1 unspecified atom stereocenters. The van der Waals surface area contributed by atoms with Gasteiger partial charge in [0.15, 0.2) is 6.10 Å². The largest absolute Gasteiger partial charge is 0.453 e. The van der Waals surface area contributed by atoms with Gasteiger partial charge in [-0.2, -0.15) is 0 Å². The van der Waals surface area contributed by atoms with E-state index < -0.39 is 18.0 Å². The van der Waals surface area contributed by atoms with Crippen molar-refractivity contribution in [2.45, 2.75) is 25.9 Å². The molecule has 2 aromatic carbocycles. The van der Waals surface area contributed by atoms with Gasteiger partial charge in [0.25, 0.3) is 5.92 Å². The Morgan fingerprint density at radius 3 is 2.47 bits per heavy atom. The highest BCUT2D eigenvalue weighted by molar-refractivity contribution is 6.04. The Labute approximate surface area is 110 Å². The van der Waals surface area contributed by atoms with E-state index in [1.54, 1.807) is 24.3 Å². The first-order valence-corrected chi connectivity index (χ1v) is 5.96. The topological polar surface area (TPSA) is 26.3 Å². The summed E-state index contributed by atoms with van der Waals surface area (Å²) in [4.78, 5) is 12.0. The maximum Gasteiger partial charge on any atom is 0.339 e. The molecule has 0 saturated carbocycles. The number of alkyl halides is 2. The fourth-order valence-electron chi connectivity index (χ4n) is 1.73. The monoisotopic (exact) mass is 264 g/mol. The molecule has 2 aromatic rings. The van der Waals surface area contributed by atoms with Gasteiger partial charge in [-0.05, 0) is 23.8 Å². The molecule has 100 valence electrons. The number of fused-ring (bicyclic) bond motifs is 1. The van der Waals surface area contributed by atoms with Crippen molar-refractivity contribution in [3.8, 4) is 0 Å². The van der Waals surface area contributed by atoms with Crippen molar-refractivity contribution in [3.63, 3.8) is 0 Å². The van der Waals surface area contributed by atoms with Crippen LogP contribution in [0.5, 0.6) is 0 Å². The smallest absolute Gasteiger partial charge is 0.339 e. The Kier molecular flexibility index (Phi) is 3.51. The van der Waals surface area contributed by atoms with Crippen molar-refractivity contribution < 1.29 is 18.3 Å². The Hall–Kier alpha value is -1.97. The molecule has 0 N–H and O–H groups in total. The van der Waals surface area contributed by atoms with E-state index in [-0.39, 0.29) is 0 Å². The van der Waals surface area contributed by atoms with Crippen molar-refractivity contribution in [2.75, 3.05) is 0 Å². The molecule has 0 aliphatic carbocycles. The average Bonchev–Trinajstić information content (AvgIpc) is 2.36. The molecule has 19 heavy (non-hydrogen) atoms. The molecule has 0 fully saturated rings. The van der Waals surface area contributed by atoms with Gasteiger partial charge in [0.05, 0.1) is 5.56 Å². The van der Waals surface area contributed by atoms with E-state index in [4.69, 9.17) is 4.74 Å². The number of hydrogen-bond acceptors (Lipinski definition) is 2. The molecule has 2 nitrogen and oxygen atoms in total. The minimum atomic E-state index is -3.06. The molecule has 0 saturated heterocycles. The molecule has 0 spiro atoms. The molecule has 0 heterocycles. The summed E-state index contributed by atoms with van der Waals surface area (Å²) in [6.07, 6.45) is -1.46. The van der Waals surface area contributed by atoms with Gasteiger partial charge < -0.3 is 4.74 Å². The zero-order chi connectivity index (χ0) is 14.0. The maximum absolute atomic E-state index is 13.0. The summed E-state index contributed by atoms with van der Waals surface area (Å²) < 4.78 is 30.9. The number of rotatable bonds is 3. The van der Waals surface area contributed by atoms with E-state index in [1.807, 2.05) is 18.2 Å². The summed E-state index contributed by atoms with van der Waals surface area (Å²) in [5, 5.41) is 1.56. The van der Waals surface area contributed by atoms with Gasteiger partial charge in [-0.3, -0.25) is 0 Å². The highest BCUT2D eigenvalue weighted by Crippen LogP contribution is 2.23. The van der Waals surface area contributed by atoms with Gasteiger partial charge in [-0.25, -0.2) is 13.6 Å². The molecule has 0 bridgehead atoms. The summed E-state index contributed by atoms with van der Waals surface area (Å²) >= 11 is 0. The van der Waals surface area contributed by atoms with Crippen molar-refractivity contribution in [1.29, 1.82) is 0 Å². The molecule has 1 atom stereocenters. The van der Waals surface area contributed by atoms with E-state index in [1.165, 1.54) is 6.92 Å². The lowest BCUT2D eigenvalue weighted by atomic mass is 10.0. The number of carbonyl (C=O) groups excluding carboxylic acids is 1. The second-order valence-electron chi connectivity index (χ2n) is 4.53. The number of benzene rings is 2. The van der Waals surface area contributed by atoms with Crippen LogP contribution in [0.25, 0.3) is 10.8 Å². The summed E-state index contributed by atoms with van der Waals surface area (Å²) in [7, 11) is 0. The van der Waals surface area contributed by atoms with Gasteiger partial charge >= 0.3 is 5.97 Å². The van der Waals surface area contributed by atoms with E-state index in [0.717, 1.165) is 12.3 Å². The molecule has 0 amide bonds. The Morgan fingerprint density at radius 2 is 1.79 bits per heavy atom. The van der Waals surface area contributed by atoms with Crippen LogP contribution in [-0.2, 0) is 4.74 Å². The first kappa shape index (κ1) is 13.5. The van der Waals surface area contributed by atoms with Crippen LogP contribution in [0, 0.1) is 0 Å². The van der Waals surface area contributed by atoms with Crippen LogP contribution in [0.1, 0.15) is 24.2 Å². The van der Waals surface area contributed by atoms with Crippen molar-refractivity contribution in [2.24, 2.45) is 0 Å². The number of ether oxygens (including phenoxy) is 1. The zero-order valence-electron chi connectivity index (χ0n) is 10.7. The van der Waals surface area contributed by atoms with E-state index >= 15 is 0 Å². The fourth-order valence-corrected chi connectivity index (χ4v) is 1.73. The standard InChI is InChI=1S/C15H14F2O2/c1-10(15(2,16)17)19-14(18)13-9-5-7-11-6-3-4-8-12(11)13/h3-10H,1-2H3. The first-order chi connectivity index (χ1) is 8.89. The highest BCUT2D eigenvalue weighted by Gasteiger charge is 2.33. The summed E-state index contributed by atoms with van der Waals surface area (Å²) in [5.41, 5.74) is 0.300. The summed E-state index contributed by atoms with van der Waals surface area (Å²) in [6.45, 7) is 1.91. The van der Waals surface area contributed by atoms with Crippen LogP contribution in [-0.4, -0.2) is 18.0 Å². The number of esters is 1. The second-order valence-corrected chi connectivity index (χ2v) is 4.53. The molecule has 4 heteroatoms. The second kappa shape index (κ2) is 4.96. The van der Waals surface area contributed by atoms with Gasteiger partial charge in [0.2, 0.25) is 0 Å².